The summed E-state index contributed by atoms with van der Waals surface area (Å²) in [4.78, 5) is 0. The summed E-state index contributed by atoms with van der Waals surface area (Å²) in [7, 11) is 0. The van der Waals surface area contributed by atoms with Crippen molar-refractivity contribution < 1.29 is 22.3 Å². The third-order valence-corrected chi connectivity index (χ3v) is 3.21. The van der Waals surface area contributed by atoms with Crippen LogP contribution in [-0.2, 0) is 6.18 Å². The largest absolute Gasteiger partial charge is 0.445 e. The highest BCUT2D eigenvalue weighted by Gasteiger charge is 2.36. The van der Waals surface area contributed by atoms with E-state index in [1.165, 1.54) is 6.07 Å². The number of ether oxygens (including phenoxy) is 1. The van der Waals surface area contributed by atoms with Crippen LogP contribution >= 0.6 is 27.3 Å². The highest BCUT2D eigenvalue weighted by Crippen LogP contribution is 2.37. The molecule has 1 aromatic carbocycles. The zero-order valence-corrected chi connectivity index (χ0v) is 10.7. The van der Waals surface area contributed by atoms with Gasteiger partial charge in [-0.15, -0.1) is 5.10 Å². The molecule has 0 bridgehead atoms. The summed E-state index contributed by atoms with van der Waals surface area (Å²) in [6.45, 7) is 0. The molecule has 18 heavy (non-hydrogen) atoms. The van der Waals surface area contributed by atoms with Gasteiger partial charge in [0.2, 0.25) is 5.01 Å². The van der Waals surface area contributed by atoms with Gasteiger partial charge in [0.1, 0.15) is 11.6 Å². The second kappa shape index (κ2) is 4.81. The first-order valence-corrected chi connectivity index (χ1v) is 6.01. The number of hydrogen-bond donors (Lipinski definition) is 0. The van der Waals surface area contributed by atoms with Crippen molar-refractivity contribution >= 4 is 27.3 Å². The first kappa shape index (κ1) is 13.2. The number of aromatic nitrogens is 2. The molecule has 0 fully saturated rings. The van der Waals surface area contributed by atoms with E-state index in [1.807, 2.05) is 0 Å². The topological polar surface area (TPSA) is 35.0 Å². The highest BCUT2D eigenvalue weighted by molar-refractivity contribution is 9.10. The summed E-state index contributed by atoms with van der Waals surface area (Å²) in [5.41, 5.74) is 0. The summed E-state index contributed by atoms with van der Waals surface area (Å²) in [6.07, 6.45) is -4.56. The minimum absolute atomic E-state index is 0.154. The van der Waals surface area contributed by atoms with Crippen molar-refractivity contribution in [2.45, 2.75) is 6.18 Å². The van der Waals surface area contributed by atoms with E-state index in [9.17, 15) is 17.6 Å². The monoisotopic (exact) mass is 342 g/mol. The van der Waals surface area contributed by atoms with Gasteiger partial charge in [0.25, 0.3) is 5.19 Å². The van der Waals surface area contributed by atoms with Gasteiger partial charge in [-0.2, -0.15) is 13.2 Å². The zero-order valence-electron chi connectivity index (χ0n) is 8.33. The predicted molar refractivity (Wildman–Crippen MR) is 59.1 cm³/mol. The molecule has 0 saturated heterocycles. The molecule has 0 aliphatic rings. The molecule has 0 N–H and O–H groups in total. The summed E-state index contributed by atoms with van der Waals surface area (Å²) >= 11 is 3.28. The second-order valence-corrected chi connectivity index (χ2v) is 4.84. The number of halogens is 5. The molecule has 3 nitrogen and oxygen atoms in total. The Labute approximate surface area is 111 Å². The molecule has 0 amide bonds. The van der Waals surface area contributed by atoms with Crippen molar-refractivity contribution in [2.24, 2.45) is 0 Å². The van der Waals surface area contributed by atoms with Crippen molar-refractivity contribution in [3.8, 4) is 10.9 Å². The van der Waals surface area contributed by atoms with E-state index in [1.54, 1.807) is 0 Å². The lowest BCUT2D eigenvalue weighted by molar-refractivity contribution is -0.138. The van der Waals surface area contributed by atoms with Gasteiger partial charge in [-0.05, 0) is 34.1 Å². The van der Waals surface area contributed by atoms with E-state index in [2.05, 4.69) is 26.1 Å². The normalized spacial score (nSPS) is 11.6. The van der Waals surface area contributed by atoms with E-state index in [-0.39, 0.29) is 26.8 Å². The smallest absolute Gasteiger partial charge is 0.429 e. The zero-order chi connectivity index (χ0) is 13.3. The van der Waals surface area contributed by atoms with Crippen molar-refractivity contribution in [3.05, 3.63) is 33.5 Å². The quantitative estimate of drug-likeness (QED) is 0.765. The van der Waals surface area contributed by atoms with E-state index < -0.39 is 17.0 Å². The third-order valence-electron chi connectivity index (χ3n) is 1.74. The maximum atomic E-state index is 12.8. The number of alkyl halides is 3. The molecular formula is C9H3BrF4N2OS. The van der Waals surface area contributed by atoms with Crippen LogP contribution in [0.3, 0.4) is 0 Å². The Morgan fingerprint density at radius 3 is 2.50 bits per heavy atom. The summed E-state index contributed by atoms with van der Waals surface area (Å²) in [6, 6.07) is 3.51. The summed E-state index contributed by atoms with van der Waals surface area (Å²) in [5, 5.41) is 4.84. The fourth-order valence-electron chi connectivity index (χ4n) is 1.02. The molecule has 9 heteroatoms. The molecule has 0 aliphatic carbocycles. The van der Waals surface area contributed by atoms with Crippen LogP contribution in [0.5, 0.6) is 10.9 Å². The lowest BCUT2D eigenvalue weighted by Crippen LogP contribution is -2.03. The van der Waals surface area contributed by atoms with Gasteiger partial charge in [0.05, 0.1) is 4.47 Å². The van der Waals surface area contributed by atoms with E-state index in [0.29, 0.717) is 0 Å². The molecular weight excluding hydrogens is 340 g/mol. The number of nitrogens with zero attached hydrogens (tertiary/aromatic N) is 2. The molecule has 0 unspecified atom stereocenters. The predicted octanol–water partition coefficient (Wildman–Crippen LogP) is 4.25. The van der Waals surface area contributed by atoms with E-state index in [4.69, 9.17) is 4.74 Å². The van der Waals surface area contributed by atoms with E-state index in [0.717, 1.165) is 12.1 Å². The summed E-state index contributed by atoms with van der Waals surface area (Å²) in [5.74, 6) is -0.344. The van der Waals surface area contributed by atoms with Gasteiger partial charge in [0.15, 0.2) is 0 Å². The number of rotatable bonds is 2. The maximum absolute atomic E-state index is 12.8. The van der Waals surface area contributed by atoms with Crippen LogP contribution in [0.1, 0.15) is 5.01 Å². The Hall–Kier alpha value is -1.22. The average Bonchev–Trinajstić information content (AvgIpc) is 2.70. The van der Waals surface area contributed by atoms with Crippen molar-refractivity contribution in [2.75, 3.05) is 0 Å². The highest BCUT2D eigenvalue weighted by atomic mass is 79.9. The molecule has 2 aromatic rings. The Bertz CT molecular complexity index is 572. The fraction of sp³-hybridized carbons (Fsp3) is 0.111. The van der Waals surface area contributed by atoms with Gasteiger partial charge < -0.3 is 4.74 Å². The second-order valence-electron chi connectivity index (χ2n) is 3.05. The molecule has 0 radical (unpaired) electrons. The molecule has 96 valence electrons. The van der Waals surface area contributed by atoms with Crippen LogP contribution in [-0.4, -0.2) is 10.2 Å². The number of benzene rings is 1. The third kappa shape index (κ3) is 2.96. The van der Waals surface area contributed by atoms with Crippen LogP contribution in [0.4, 0.5) is 17.6 Å². The first-order chi connectivity index (χ1) is 8.36. The van der Waals surface area contributed by atoms with Crippen LogP contribution in [0, 0.1) is 5.82 Å². The van der Waals surface area contributed by atoms with Crippen molar-refractivity contribution in [3.63, 3.8) is 0 Å². The average molecular weight is 343 g/mol. The van der Waals surface area contributed by atoms with Crippen molar-refractivity contribution in [1.29, 1.82) is 0 Å². The van der Waals surface area contributed by atoms with Gasteiger partial charge in [-0.1, -0.05) is 16.4 Å². The van der Waals surface area contributed by atoms with Gasteiger partial charge >= 0.3 is 6.18 Å². The SMILES string of the molecule is Fc1ccc(Oc2nnc(C(F)(F)F)s2)c(Br)c1. The molecule has 0 atom stereocenters. The lowest BCUT2D eigenvalue weighted by atomic mass is 10.3. The van der Waals surface area contributed by atoms with Gasteiger partial charge in [-0.25, -0.2) is 4.39 Å². The van der Waals surface area contributed by atoms with E-state index >= 15 is 0 Å². The Balaban J connectivity index is 2.21. The Morgan fingerprint density at radius 2 is 1.94 bits per heavy atom. The molecule has 0 saturated carbocycles. The molecule has 0 aliphatic heterocycles. The minimum atomic E-state index is -4.56. The standard InChI is InChI=1S/C9H3BrF4N2OS/c10-5-3-4(11)1-2-6(5)17-8-16-15-7(18-8)9(12,13)14/h1-3H. The summed E-state index contributed by atoms with van der Waals surface area (Å²) < 4.78 is 54.9. The number of hydrogen-bond acceptors (Lipinski definition) is 4. The first-order valence-electron chi connectivity index (χ1n) is 4.40. The van der Waals surface area contributed by atoms with Crippen LogP contribution < -0.4 is 4.74 Å². The molecule has 0 spiro atoms. The molecule has 1 aromatic heterocycles. The maximum Gasteiger partial charge on any atom is 0.445 e. The van der Waals surface area contributed by atoms with Crippen LogP contribution in [0.25, 0.3) is 0 Å². The fourth-order valence-corrected chi connectivity index (χ4v) is 2.03. The van der Waals surface area contributed by atoms with Crippen LogP contribution in [0.2, 0.25) is 0 Å². The minimum Gasteiger partial charge on any atom is -0.429 e. The molecule has 1 heterocycles. The molecule has 2 rings (SSSR count). The van der Waals surface area contributed by atoms with Crippen molar-refractivity contribution in [1.82, 2.24) is 10.2 Å². The van der Waals surface area contributed by atoms with Gasteiger partial charge in [-0.3, -0.25) is 0 Å². The lowest BCUT2D eigenvalue weighted by Gasteiger charge is -2.03. The Morgan fingerprint density at radius 1 is 1.22 bits per heavy atom. The van der Waals surface area contributed by atoms with Crippen LogP contribution in [0.15, 0.2) is 22.7 Å². The van der Waals surface area contributed by atoms with Gasteiger partial charge in [0, 0.05) is 0 Å². The Kier molecular flexibility index (Phi) is 3.53.